The number of fused-ring (bicyclic) bond motifs is 1. The highest BCUT2D eigenvalue weighted by atomic mass is 16.6. The van der Waals surface area contributed by atoms with Crippen molar-refractivity contribution in [2.75, 3.05) is 11.9 Å². The Bertz CT molecular complexity index is 866. The highest BCUT2D eigenvalue weighted by Gasteiger charge is 2.33. The van der Waals surface area contributed by atoms with E-state index in [1.807, 2.05) is 58.9 Å². The molecule has 1 aliphatic rings. The van der Waals surface area contributed by atoms with Gasteiger partial charge in [-0.1, -0.05) is 19.1 Å². The molecule has 0 aliphatic carbocycles. The van der Waals surface area contributed by atoms with Gasteiger partial charge in [-0.15, -0.1) is 0 Å². The highest BCUT2D eigenvalue weighted by molar-refractivity contribution is 6.04. The lowest BCUT2D eigenvalue weighted by molar-refractivity contribution is 0.0207. The Morgan fingerprint density at radius 1 is 1.33 bits per heavy atom. The summed E-state index contributed by atoms with van der Waals surface area (Å²) in [6.07, 6.45) is -0.383. The number of ether oxygens (including phenoxy) is 1. The quantitative estimate of drug-likeness (QED) is 0.841. The van der Waals surface area contributed by atoms with Gasteiger partial charge in [0.05, 0.1) is 6.54 Å². The summed E-state index contributed by atoms with van der Waals surface area (Å²) in [5.74, 6) is -0.259. The van der Waals surface area contributed by atoms with Crippen molar-refractivity contribution in [1.29, 1.82) is 0 Å². The summed E-state index contributed by atoms with van der Waals surface area (Å²) in [7, 11) is 0. The van der Waals surface area contributed by atoms with E-state index < -0.39 is 5.60 Å². The Labute approximate surface area is 159 Å². The third-order valence-corrected chi connectivity index (χ3v) is 4.38. The van der Waals surface area contributed by atoms with Crippen molar-refractivity contribution in [1.82, 2.24) is 15.1 Å². The van der Waals surface area contributed by atoms with E-state index in [0.717, 1.165) is 16.8 Å². The molecule has 1 aromatic heterocycles. The molecule has 1 atom stereocenters. The monoisotopic (exact) mass is 370 g/mol. The van der Waals surface area contributed by atoms with Gasteiger partial charge in [0.25, 0.3) is 5.91 Å². The Hall–Kier alpha value is -2.83. The predicted molar refractivity (Wildman–Crippen MR) is 103 cm³/mol. The number of rotatable bonds is 2. The van der Waals surface area contributed by atoms with Gasteiger partial charge < -0.3 is 15.0 Å². The number of hydrogen-bond donors (Lipinski definition) is 2. The third kappa shape index (κ3) is 4.30. The van der Waals surface area contributed by atoms with Crippen molar-refractivity contribution in [3.05, 3.63) is 46.8 Å². The van der Waals surface area contributed by atoms with Gasteiger partial charge in [-0.25, -0.2) is 4.79 Å². The minimum atomic E-state index is -0.567. The molecule has 0 spiro atoms. The van der Waals surface area contributed by atoms with Crippen molar-refractivity contribution in [2.24, 2.45) is 0 Å². The van der Waals surface area contributed by atoms with Crippen molar-refractivity contribution < 1.29 is 14.3 Å². The van der Waals surface area contributed by atoms with Crippen LogP contribution in [0.5, 0.6) is 0 Å². The zero-order valence-corrected chi connectivity index (χ0v) is 16.4. The molecule has 2 amide bonds. The van der Waals surface area contributed by atoms with E-state index in [1.54, 1.807) is 4.90 Å². The SMILES string of the molecule is Cc1cccc(NC(=O)c2n[nH]c3c2CN(C(=O)OC(C)(C)C)CC3C)c1. The number of carbonyl (C=O) groups is 2. The number of aromatic nitrogens is 2. The van der Waals surface area contributed by atoms with Crippen molar-refractivity contribution in [3.63, 3.8) is 0 Å². The molecular formula is C20H26N4O3. The lowest BCUT2D eigenvalue weighted by atomic mass is 9.96. The fourth-order valence-electron chi connectivity index (χ4n) is 3.19. The zero-order valence-electron chi connectivity index (χ0n) is 16.4. The predicted octanol–water partition coefficient (Wildman–Crippen LogP) is 3.82. The van der Waals surface area contributed by atoms with Crippen LogP contribution in [0.1, 0.15) is 60.9 Å². The summed E-state index contributed by atoms with van der Waals surface area (Å²) in [5, 5.41) is 10.1. The first-order valence-corrected chi connectivity index (χ1v) is 9.07. The molecule has 27 heavy (non-hydrogen) atoms. The van der Waals surface area contributed by atoms with E-state index in [0.29, 0.717) is 24.5 Å². The topological polar surface area (TPSA) is 87.3 Å². The molecule has 1 unspecified atom stereocenters. The minimum absolute atomic E-state index is 0.0364. The zero-order chi connectivity index (χ0) is 19.8. The number of carbonyl (C=O) groups excluding carboxylic acids is 2. The van der Waals surface area contributed by atoms with Crippen LogP contribution in [0.4, 0.5) is 10.5 Å². The number of nitrogens with one attached hydrogen (secondary N) is 2. The summed E-state index contributed by atoms with van der Waals surface area (Å²) in [5.41, 5.74) is 3.15. The second kappa shape index (κ2) is 7.06. The number of aromatic amines is 1. The van der Waals surface area contributed by atoms with Crippen LogP contribution in [0.15, 0.2) is 24.3 Å². The fraction of sp³-hybridized carbons (Fsp3) is 0.450. The number of hydrogen-bond acceptors (Lipinski definition) is 4. The lowest BCUT2D eigenvalue weighted by Crippen LogP contribution is -2.41. The summed E-state index contributed by atoms with van der Waals surface area (Å²) < 4.78 is 5.48. The van der Waals surface area contributed by atoms with E-state index in [2.05, 4.69) is 15.5 Å². The number of anilines is 1. The first kappa shape index (κ1) is 18.9. The molecule has 0 saturated carbocycles. The normalized spacial score (nSPS) is 16.6. The number of benzene rings is 1. The minimum Gasteiger partial charge on any atom is -0.444 e. The van der Waals surface area contributed by atoms with Gasteiger partial charge in [0.15, 0.2) is 5.69 Å². The van der Waals surface area contributed by atoms with Gasteiger partial charge in [-0.05, 0) is 45.4 Å². The molecule has 7 nitrogen and oxygen atoms in total. The van der Waals surface area contributed by atoms with Gasteiger partial charge in [0.1, 0.15) is 5.60 Å². The highest BCUT2D eigenvalue weighted by Crippen LogP contribution is 2.30. The number of nitrogens with zero attached hydrogens (tertiary/aromatic N) is 2. The van der Waals surface area contributed by atoms with Crippen LogP contribution < -0.4 is 5.32 Å². The van der Waals surface area contributed by atoms with Crippen LogP contribution in [-0.4, -0.2) is 39.2 Å². The number of aryl methyl sites for hydroxylation is 1. The number of H-pyrrole nitrogens is 1. The van der Waals surface area contributed by atoms with Gasteiger partial charge in [0.2, 0.25) is 0 Å². The maximum atomic E-state index is 12.7. The van der Waals surface area contributed by atoms with Crippen LogP contribution in [-0.2, 0) is 11.3 Å². The summed E-state index contributed by atoms with van der Waals surface area (Å²) in [6, 6.07) is 7.58. The Morgan fingerprint density at radius 2 is 2.07 bits per heavy atom. The first-order chi connectivity index (χ1) is 12.6. The van der Waals surface area contributed by atoms with E-state index in [9.17, 15) is 9.59 Å². The standard InChI is InChI=1S/C20H26N4O3/c1-12-7-6-8-14(9-12)21-18(25)17-15-11-24(19(26)27-20(3,4)5)10-13(2)16(15)22-23-17/h6-9,13H,10-11H2,1-5H3,(H,21,25)(H,22,23). The van der Waals surface area contributed by atoms with Gasteiger partial charge in [0, 0.05) is 29.4 Å². The smallest absolute Gasteiger partial charge is 0.410 e. The second-order valence-corrected chi connectivity index (χ2v) is 8.05. The third-order valence-electron chi connectivity index (χ3n) is 4.38. The van der Waals surface area contributed by atoms with E-state index >= 15 is 0 Å². The Kier molecular flexibility index (Phi) is 4.95. The molecule has 2 N–H and O–H groups in total. The molecule has 3 rings (SSSR count). The van der Waals surface area contributed by atoms with Gasteiger partial charge in [-0.2, -0.15) is 5.10 Å². The molecule has 2 aromatic rings. The summed E-state index contributed by atoms with van der Waals surface area (Å²) in [6.45, 7) is 10.3. The summed E-state index contributed by atoms with van der Waals surface area (Å²) >= 11 is 0. The molecule has 1 aliphatic heterocycles. The van der Waals surface area contributed by atoms with Crippen LogP contribution in [0, 0.1) is 6.92 Å². The molecule has 1 aromatic carbocycles. The van der Waals surface area contributed by atoms with Crippen molar-refractivity contribution >= 4 is 17.7 Å². The van der Waals surface area contributed by atoms with Crippen LogP contribution in [0.25, 0.3) is 0 Å². The average molecular weight is 370 g/mol. The average Bonchev–Trinajstić information content (AvgIpc) is 2.98. The van der Waals surface area contributed by atoms with Crippen molar-refractivity contribution in [3.8, 4) is 0 Å². The van der Waals surface area contributed by atoms with E-state index in [4.69, 9.17) is 4.74 Å². The first-order valence-electron chi connectivity index (χ1n) is 9.07. The van der Waals surface area contributed by atoms with Crippen LogP contribution in [0.2, 0.25) is 0 Å². The molecule has 144 valence electrons. The van der Waals surface area contributed by atoms with Gasteiger partial charge in [-0.3, -0.25) is 9.89 Å². The van der Waals surface area contributed by atoms with Crippen LogP contribution in [0.3, 0.4) is 0 Å². The summed E-state index contributed by atoms with van der Waals surface area (Å²) in [4.78, 5) is 26.8. The molecular weight excluding hydrogens is 344 g/mol. The lowest BCUT2D eigenvalue weighted by Gasteiger charge is -2.32. The molecule has 0 bridgehead atoms. The van der Waals surface area contributed by atoms with E-state index in [-0.39, 0.29) is 17.9 Å². The molecule has 2 heterocycles. The largest absolute Gasteiger partial charge is 0.444 e. The second-order valence-electron chi connectivity index (χ2n) is 8.05. The maximum absolute atomic E-state index is 12.7. The Morgan fingerprint density at radius 3 is 2.74 bits per heavy atom. The maximum Gasteiger partial charge on any atom is 0.410 e. The number of amides is 2. The molecule has 0 radical (unpaired) electrons. The molecule has 0 saturated heterocycles. The van der Waals surface area contributed by atoms with Crippen LogP contribution >= 0.6 is 0 Å². The molecule has 0 fully saturated rings. The Balaban J connectivity index is 1.81. The van der Waals surface area contributed by atoms with E-state index in [1.165, 1.54) is 0 Å². The molecule has 7 heteroatoms. The van der Waals surface area contributed by atoms with Crippen molar-refractivity contribution in [2.45, 2.75) is 52.7 Å². The van der Waals surface area contributed by atoms with Gasteiger partial charge >= 0.3 is 6.09 Å². The fourth-order valence-corrected chi connectivity index (χ4v) is 3.19.